The molecule has 2 aromatic heterocycles. The molecule has 4 nitrogen and oxygen atoms in total. The summed E-state index contributed by atoms with van der Waals surface area (Å²) in [6.45, 7) is 0. The van der Waals surface area contributed by atoms with Crippen molar-refractivity contribution in [2.75, 3.05) is 0 Å². The summed E-state index contributed by atoms with van der Waals surface area (Å²) in [5.74, 6) is 0.575. The summed E-state index contributed by atoms with van der Waals surface area (Å²) in [5.41, 5.74) is 6.24. The molecule has 0 amide bonds. The Kier molecular flexibility index (Phi) is 4.44. The summed E-state index contributed by atoms with van der Waals surface area (Å²) < 4.78 is 10.2. The Morgan fingerprint density at radius 3 is 1.63 bits per heavy atom. The van der Waals surface area contributed by atoms with Crippen molar-refractivity contribution in [3.05, 3.63) is 115 Å². The highest BCUT2D eigenvalue weighted by atomic mass is 16.5. The SMILES string of the molecule is O[B]Oc1cc2c(cc1-n1c3ccccc3c3ccccc31)c1ccccc1n2-c1ccccc1. The lowest BCUT2D eigenvalue weighted by Crippen LogP contribution is -2.05. The van der Waals surface area contributed by atoms with E-state index >= 15 is 0 Å². The molecule has 0 bridgehead atoms. The maximum absolute atomic E-state index is 9.70. The van der Waals surface area contributed by atoms with Crippen molar-refractivity contribution in [1.82, 2.24) is 9.13 Å². The van der Waals surface area contributed by atoms with Crippen LogP contribution in [0.2, 0.25) is 0 Å². The minimum Gasteiger partial charge on any atom is -0.536 e. The molecule has 0 aliphatic rings. The van der Waals surface area contributed by atoms with Gasteiger partial charge in [0, 0.05) is 33.3 Å². The molecular weight excluding hydrogens is 431 g/mol. The molecule has 1 N–H and O–H groups in total. The third kappa shape index (κ3) is 2.92. The molecular formula is C30H20BN2O2. The van der Waals surface area contributed by atoms with Gasteiger partial charge in [0.15, 0.2) is 0 Å². The predicted octanol–water partition coefficient (Wildman–Crippen LogP) is 6.79. The summed E-state index contributed by atoms with van der Waals surface area (Å²) >= 11 is 0. The van der Waals surface area contributed by atoms with Gasteiger partial charge in [0.2, 0.25) is 0 Å². The fourth-order valence-electron chi connectivity index (χ4n) is 5.35. The molecule has 0 unspecified atom stereocenters. The lowest BCUT2D eigenvalue weighted by atomic mass is 10.1. The number of rotatable bonds is 4. The fourth-order valence-corrected chi connectivity index (χ4v) is 5.35. The number of benzene rings is 5. The second kappa shape index (κ2) is 7.79. The van der Waals surface area contributed by atoms with Crippen LogP contribution in [0.5, 0.6) is 5.75 Å². The zero-order chi connectivity index (χ0) is 23.4. The van der Waals surface area contributed by atoms with Gasteiger partial charge in [-0.2, -0.15) is 0 Å². The lowest BCUT2D eigenvalue weighted by molar-refractivity contribution is 0.453. The van der Waals surface area contributed by atoms with E-state index in [0.29, 0.717) is 5.75 Å². The Morgan fingerprint density at radius 2 is 1.03 bits per heavy atom. The van der Waals surface area contributed by atoms with Crippen LogP contribution < -0.4 is 4.65 Å². The van der Waals surface area contributed by atoms with Gasteiger partial charge in [-0.1, -0.05) is 72.8 Å². The zero-order valence-electron chi connectivity index (χ0n) is 18.8. The Labute approximate surface area is 202 Å². The molecule has 5 heteroatoms. The van der Waals surface area contributed by atoms with Gasteiger partial charge in [-0.05, 0) is 36.4 Å². The standard InChI is InChI=1S/C30H20BN2O2/c34-31-35-30-19-28-24(23-14-6-7-15-25(23)32(28)20-10-2-1-3-11-20)18-29(30)33-26-16-8-4-12-21(26)22-13-5-9-17-27(22)33/h1-19,34H. The van der Waals surface area contributed by atoms with Gasteiger partial charge in [0.1, 0.15) is 5.75 Å². The largest absolute Gasteiger partial charge is 0.569 e. The topological polar surface area (TPSA) is 39.3 Å². The average Bonchev–Trinajstić information content (AvgIpc) is 3.41. The number of para-hydroxylation sites is 4. The van der Waals surface area contributed by atoms with Gasteiger partial charge in [-0.3, -0.25) is 0 Å². The van der Waals surface area contributed by atoms with Crippen LogP contribution in [0.25, 0.3) is 55.0 Å². The number of hydrogen-bond acceptors (Lipinski definition) is 2. The van der Waals surface area contributed by atoms with Crippen molar-refractivity contribution < 1.29 is 9.68 Å². The maximum atomic E-state index is 9.70. The zero-order valence-corrected chi connectivity index (χ0v) is 18.8. The van der Waals surface area contributed by atoms with Crippen LogP contribution in [0.3, 0.4) is 0 Å². The van der Waals surface area contributed by atoms with Gasteiger partial charge >= 0.3 is 7.69 Å². The highest BCUT2D eigenvalue weighted by Gasteiger charge is 2.20. The summed E-state index contributed by atoms with van der Waals surface area (Å²) in [6, 6.07) is 39.7. The molecule has 0 atom stereocenters. The molecule has 35 heavy (non-hydrogen) atoms. The number of fused-ring (bicyclic) bond motifs is 6. The quantitative estimate of drug-likeness (QED) is 0.300. The average molecular weight is 451 g/mol. The van der Waals surface area contributed by atoms with Crippen molar-refractivity contribution in [1.29, 1.82) is 0 Å². The van der Waals surface area contributed by atoms with E-state index in [9.17, 15) is 5.02 Å². The van der Waals surface area contributed by atoms with Crippen LogP contribution in [0.15, 0.2) is 115 Å². The Morgan fingerprint density at radius 1 is 0.514 bits per heavy atom. The second-order valence-corrected chi connectivity index (χ2v) is 8.62. The second-order valence-electron chi connectivity index (χ2n) is 8.62. The van der Waals surface area contributed by atoms with Crippen LogP contribution in [0.1, 0.15) is 0 Å². The van der Waals surface area contributed by atoms with E-state index in [1.54, 1.807) is 0 Å². The van der Waals surface area contributed by atoms with E-state index < -0.39 is 0 Å². The number of hydrogen-bond donors (Lipinski definition) is 1. The smallest absolute Gasteiger partial charge is 0.536 e. The molecule has 0 aliphatic carbocycles. The normalized spacial score (nSPS) is 11.6. The summed E-state index contributed by atoms with van der Waals surface area (Å²) in [6.07, 6.45) is 0. The van der Waals surface area contributed by atoms with Crippen molar-refractivity contribution >= 4 is 51.3 Å². The van der Waals surface area contributed by atoms with Gasteiger partial charge in [0.25, 0.3) is 0 Å². The highest BCUT2D eigenvalue weighted by molar-refractivity contribution is 6.18. The van der Waals surface area contributed by atoms with E-state index in [1.165, 1.54) is 10.8 Å². The minimum absolute atomic E-state index is 0.575. The van der Waals surface area contributed by atoms with Gasteiger partial charge in [-0.25, -0.2) is 0 Å². The Balaban J connectivity index is 1.64. The van der Waals surface area contributed by atoms with E-state index in [0.717, 1.165) is 51.9 Å². The van der Waals surface area contributed by atoms with Crippen LogP contribution >= 0.6 is 0 Å². The molecule has 0 saturated heterocycles. The van der Waals surface area contributed by atoms with Crippen LogP contribution in [0, 0.1) is 0 Å². The molecule has 0 aliphatic heterocycles. The van der Waals surface area contributed by atoms with Gasteiger partial charge in [-0.15, -0.1) is 0 Å². The van der Waals surface area contributed by atoms with Crippen LogP contribution in [-0.2, 0) is 0 Å². The molecule has 7 aromatic rings. The lowest BCUT2D eigenvalue weighted by Gasteiger charge is -2.15. The molecule has 7 rings (SSSR count). The maximum Gasteiger partial charge on any atom is 0.569 e. The first kappa shape index (κ1) is 19.9. The first-order valence-electron chi connectivity index (χ1n) is 11.6. The number of aromatic nitrogens is 2. The molecule has 0 saturated carbocycles. The van der Waals surface area contributed by atoms with E-state index in [2.05, 4.69) is 100 Å². The molecule has 1 radical (unpaired) electrons. The Bertz CT molecular complexity index is 1820. The van der Waals surface area contributed by atoms with Crippen LogP contribution in [-0.4, -0.2) is 21.8 Å². The summed E-state index contributed by atoms with van der Waals surface area (Å²) in [7, 11) is 0.758. The molecule has 0 fully saturated rings. The third-order valence-corrected chi connectivity index (χ3v) is 6.77. The molecule has 0 spiro atoms. The fraction of sp³-hybridized carbons (Fsp3) is 0. The molecule has 2 heterocycles. The van der Waals surface area contributed by atoms with Crippen molar-refractivity contribution in [3.63, 3.8) is 0 Å². The highest BCUT2D eigenvalue weighted by Crippen LogP contribution is 2.40. The number of nitrogens with zero attached hydrogens (tertiary/aromatic N) is 2. The van der Waals surface area contributed by atoms with Gasteiger partial charge < -0.3 is 18.8 Å². The Hall–Kier alpha value is -4.48. The third-order valence-electron chi connectivity index (χ3n) is 6.77. The van der Waals surface area contributed by atoms with E-state index in [4.69, 9.17) is 4.65 Å². The summed E-state index contributed by atoms with van der Waals surface area (Å²) in [5, 5.41) is 14.3. The summed E-state index contributed by atoms with van der Waals surface area (Å²) in [4.78, 5) is 0. The minimum atomic E-state index is 0.575. The van der Waals surface area contributed by atoms with Crippen molar-refractivity contribution in [2.24, 2.45) is 0 Å². The van der Waals surface area contributed by atoms with Crippen molar-refractivity contribution in [2.45, 2.75) is 0 Å². The molecule has 5 aromatic carbocycles. The monoisotopic (exact) mass is 451 g/mol. The predicted molar refractivity (Wildman–Crippen MR) is 144 cm³/mol. The molecule has 165 valence electrons. The van der Waals surface area contributed by atoms with Crippen LogP contribution in [0.4, 0.5) is 0 Å². The first-order valence-corrected chi connectivity index (χ1v) is 11.6. The van der Waals surface area contributed by atoms with Gasteiger partial charge in [0.05, 0.1) is 27.8 Å². The van der Waals surface area contributed by atoms with E-state index in [-0.39, 0.29) is 0 Å². The van der Waals surface area contributed by atoms with Crippen molar-refractivity contribution in [3.8, 4) is 17.1 Å². The van der Waals surface area contributed by atoms with E-state index in [1.807, 2.05) is 24.3 Å². The first-order chi connectivity index (χ1) is 17.3.